The highest BCUT2D eigenvalue weighted by atomic mass is 16.4. The number of aliphatic carboxylic acids is 1. The van der Waals surface area contributed by atoms with Gasteiger partial charge in [0, 0.05) is 6.54 Å². The van der Waals surface area contributed by atoms with Crippen molar-refractivity contribution in [3.8, 4) is 0 Å². The molecule has 0 aromatic heterocycles. The standard InChI is InChI=1S/C14H23NO3/c1-13(2)9(10(13)12(17)18)11(16)15-8-14(3)6-4-5-7-14/h9-10H,4-8H2,1-3H3,(H,15,16)(H,17,18). The predicted octanol–water partition coefficient (Wildman–Crippen LogP) is 2.04. The van der Waals surface area contributed by atoms with Crippen LogP contribution in [0.4, 0.5) is 0 Å². The average Bonchev–Trinajstić information content (AvgIpc) is 2.64. The molecule has 0 spiro atoms. The van der Waals surface area contributed by atoms with Crippen LogP contribution < -0.4 is 5.32 Å². The van der Waals surface area contributed by atoms with Gasteiger partial charge in [0.25, 0.3) is 0 Å². The Labute approximate surface area is 108 Å². The molecule has 0 aromatic carbocycles. The minimum Gasteiger partial charge on any atom is -0.481 e. The lowest BCUT2D eigenvalue weighted by atomic mass is 9.89. The van der Waals surface area contributed by atoms with Gasteiger partial charge in [-0.2, -0.15) is 0 Å². The van der Waals surface area contributed by atoms with Crippen LogP contribution in [0, 0.1) is 22.7 Å². The predicted molar refractivity (Wildman–Crippen MR) is 68.0 cm³/mol. The maximum atomic E-state index is 12.1. The van der Waals surface area contributed by atoms with Gasteiger partial charge >= 0.3 is 5.97 Å². The monoisotopic (exact) mass is 253 g/mol. The zero-order chi connectivity index (χ0) is 13.6. The van der Waals surface area contributed by atoms with Gasteiger partial charge in [0.1, 0.15) is 0 Å². The Balaban J connectivity index is 1.88. The van der Waals surface area contributed by atoms with E-state index >= 15 is 0 Å². The molecular formula is C14H23NO3. The van der Waals surface area contributed by atoms with Crippen molar-refractivity contribution in [2.75, 3.05) is 6.54 Å². The van der Waals surface area contributed by atoms with E-state index in [1.165, 1.54) is 12.8 Å². The van der Waals surface area contributed by atoms with Crippen molar-refractivity contribution in [2.45, 2.75) is 46.5 Å². The Morgan fingerprint density at radius 3 is 2.17 bits per heavy atom. The van der Waals surface area contributed by atoms with Crippen LogP contribution in [0.15, 0.2) is 0 Å². The molecule has 2 aliphatic rings. The lowest BCUT2D eigenvalue weighted by molar-refractivity contribution is -0.140. The van der Waals surface area contributed by atoms with Gasteiger partial charge in [-0.05, 0) is 23.7 Å². The zero-order valence-corrected chi connectivity index (χ0v) is 11.5. The first-order valence-electron chi connectivity index (χ1n) is 6.78. The van der Waals surface area contributed by atoms with E-state index in [0.717, 1.165) is 12.8 Å². The van der Waals surface area contributed by atoms with Crippen LogP contribution in [-0.2, 0) is 9.59 Å². The maximum Gasteiger partial charge on any atom is 0.307 e. The van der Waals surface area contributed by atoms with Gasteiger partial charge < -0.3 is 10.4 Å². The minimum absolute atomic E-state index is 0.0828. The molecule has 2 unspecified atom stereocenters. The van der Waals surface area contributed by atoms with Gasteiger partial charge in [-0.3, -0.25) is 9.59 Å². The number of hydrogen-bond acceptors (Lipinski definition) is 2. The Hall–Kier alpha value is -1.06. The first kappa shape index (κ1) is 13.4. The third kappa shape index (κ3) is 2.25. The third-order valence-electron chi connectivity index (χ3n) is 4.88. The SMILES string of the molecule is CC1(CNC(=O)C2C(C(=O)O)C2(C)C)CCCC1. The zero-order valence-electron chi connectivity index (χ0n) is 11.5. The number of carbonyl (C=O) groups excluding carboxylic acids is 1. The molecule has 4 heteroatoms. The third-order valence-corrected chi connectivity index (χ3v) is 4.88. The number of carbonyl (C=O) groups is 2. The Bertz CT molecular complexity index is 369. The molecule has 18 heavy (non-hydrogen) atoms. The normalized spacial score (nSPS) is 31.9. The van der Waals surface area contributed by atoms with Gasteiger partial charge in [0.05, 0.1) is 11.8 Å². The summed E-state index contributed by atoms with van der Waals surface area (Å²) < 4.78 is 0. The molecule has 2 N–H and O–H groups in total. The van der Waals surface area contributed by atoms with Gasteiger partial charge in [-0.25, -0.2) is 0 Å². The topological polar surface area (TPSA) is 66.4 Å². The molecule has 2 rings (SSSR count). The average molecular weight is 253 g/mol. The van der Waals surface area contributed by atoms with Crippen molar-refractivity contribution < 1.29 is 14.7 Å². The number of hydrogen-bond donors (Lipinski definition) is 2. The van der Waals surface area contributed by atoms with Gasteiger partial charge in [-0.1, -0.05) is 33.6 Å². The van der Waals surface area contributed by atoms with E-state index in [0.29, 0.717) is 6.54 Å². The molecule has 2 aliphatic carbocycles. The summed E-state index contributed by atoms with van der Waals surface area (Å²) in [5, 5.41) is 12.0. The molecule has 0 radical (unpaired) electrons. The van der Waals surface area contributed by atoms with Crippen LogP contribution in [0.2, 0.25) is 0 Å². The van der Waals surface area contributed by atoms with Crippen LogP contribution >= 0.6 is 0 Å². The van der Waals surface area contributed by atoms with Crippen molar-refractivity contribution in [3.05, 3.63) is 0 Å². The summed E-state index contributed by atoms with van der Waals surface area (Å²) in [5.41, 5.74) is -0.181. The summed E-state index contributed by atoms with van der Waals surface area (Å²) in [6.45, 7) is 6.60. The molecule has 0 aliphatic heterocycles. The molecule has 2 fully saturated rings. The first-order chi connectivity index (χ1) is 8.28. The molecule has 1 amide bonds. The van der Waals surface area contributed by atoms with Gasteiger partial charge in [0.2, 0.25) is 5.91 Å². The van der Waals surface area contributed by atoms with Crippen LogP contribution in [-0.4, -0.2) is 23.5 Å². The summed E-state index contributed by atoms with van der Waals surface area (Å²) in [7, 11) is 0. The lowest BCUT2D eigenvalue weighted by Crippen LogP contribution is -2.36. The summed E-state index contributed by atoms with van der Waals surface area (Å²) >= 11 is 0. The Kier molecular flexibility index (Phi) is 3.16. The van der Waals surface area contributed by atoms with Crippen molar-refractivity contribution >= 4 is 11.9 Å². The van der Waals surface area contributed by atoms with E-state index in [1.807, 2.05) is 13.8 Å². The smallest absolute Gasteiger partial charge is 0.307 e. The minimum atomic E-state index is -0.854. The largest absolute Gasteiger partial charge is 0.481 e. The molecular weight excluding hydrogens is 230 g/mol. The summed E-state index contributed by atoms with van der Waals surface area (Å²) in [6, 6.07) is 0. The lowest BCUT2D eigenvalue weighted by Gasteiger charge is -2.23. The van der Waals surface area contributed by atoms with Crippen molar-refractivity contribution in [2.24, 2.45) is 22.7 Å². The second kappa shape index (κ2) is 4.25. The van der Waals surface area contributed by atoms with Crippen LogP contribution in [0.3, 0.4) is 0 Å². The molecule has 4 nitrogen and oxygen atoms in total. The molecule has 2 atom stereocenters. The summed E-state index contributed by atoms with van der Waals surface area (Å²) in [5.74, 6) is -1.82. The van der Waals surface area contributed by atoms with E-state index in [1.54, 1.807) is 0 Å². The Morgan fingerprint density at radius 1 is 1.17 bits per heavy atom. The van der Waals surface area contributed by atoms with Crippen LogP contribution in [0.1, 0.15) is 46.5 Å². The number of rotatable bonds is 4. The van der Waals surface area contributed by atoms with Crippen LogP contribution in [0.5, 0.6) is 0 Å². The summed E-state index contributed by atoms with van der Waals surface area (Å²) in [6.07, 6.45) is 4.78. The molecule has 2 saturated carbocycles. The van der Waals surface area contributed by atoms with Crippen molar-refractivity contribution in [3.63, 3.8) is 0 Å². The fourth-order valence-corrected chi connectivity index (χ4v) is 3.40. The Morgan fingerprint density at radius 2 is 1.72 bits per heavy atom. The van der Waals surface area contributed by atoms with E-state index in [4.69, 9.17) is 5.11 Å². The maximum absolute atomic E-state index is 12.1. The number of carboxylic acids is 1. The molecule has 102 valence electrons. The van der Waals surface area contributed by atoms with Crippen molar-refractivity contribution in [1.82, 2.24) is 5.32 Å². The van der Waals surface area contributed by atoms with E-state index in [9.17, 15) is 9.59 Å². The second-order valence-electron chi connectivity index (χ2n) is 6.85. The first-order valence-corrected chi connectivity index (χ1v) is 6.78. The van der Waals surface area contributed by atoms with Crippen LogP contribution in [0.25, 0.3) is 0 Å². The molecule has 0 bridgehead atoms. The molecule has 0 heterocycles. The van der Waals surface area contributed by atoms with E-state index in [-0.39, 0.29) is 17.2 Å². The quantitative estimate of drug-likeness (QED) is 0.805. The van der Waals surface area contributed by atoms with Crippen molar-refractivity contribution in [1.29, 1.82) is 0 Å². The number of carboxylic acid groups (broad SMARTS) is 1. The fourth-order valence-electron chi connectivity index (χ4n) is 3.40. The summed E-state index contributed by atoms with van der Waals surface area (Å²) in [4.78, 5) is 23.1. The second-order valence-corrected chi connectivity index (χ2v) is 6.85. The highest BCUT2D eigenvalue weighted by molar-refractivity contribution is 5.91. The van der Waals surface area contributed by atoms with Gasteiger partial charge in [-0.15, -0.1) is 0 Å². The number of amides is 1. The number of nitrogens with one attached hydrogen (secondary N) is 1. The fraction of sp³-hybridized carbons (Fsp3) is 0.857. The molecule has 0 saturated heterocycles. The van der Waals surface area contributed by atoms with E-state index < -0.39 is 17.3 Å². The highest BCUT2D eigenvalue weighted by Gasteiger charge is 2.65. The van der Waals surface area contributed by atoms with E-state index in [2.05, 4.69) is 12.2 Å². The highest BCUT2D eigenvalue weighted by Crippen LogP contribution is 2.58. The van der Waals surface area contributed by atoms with Gasteiger partial charge in [0.15, 0.2) is 0 Å². The molecule has 0 aromatic rings.